The number of nitrogens with one attached hydrogen (secondary N) is 3. The van der Waals surface area contributed by atoms with Crippen molar-refractivity contribution in [1.29, 1.82) is 0 Å². The number of carboxylic acid groups (broad SMARTS) is 1. The van der Waals surface area contributed by atoms with Gasteiger partial charge >= 0.3 is 12.5 Å². The number of hydrogen-bond donors (Lipinski definition) is 5. The maximum atomic E-state index is 11.9. The second-order valence-electron chi connectivity index (χ2n) is 8.75. The molecule has 6 rings (SSSR count). The molecule has 4 aliphatic rings. The van der Waals surface area contributed by atoms with Crippen molar-refractivity contribution < 1.29 is 42.1 Å². The van der Waals surface area contributed by atoms with Crippen LogP contribution in [0.3, 0.4) is 0 Å². The highest BCUT2D eigenvalue weighted by Crippen LogP contribution is 2.62. The van der Waals surface area contributed by atoms with Crippen LogP contribution in [0.2, 0.25) is 0 Å². The van der Waals surface area contributed by atoms with Gasteiger partial charge in [-0.05, 0) is 44.4 Å². The Bertz CT molecular complexity index is 1000. The average molecular weight is 567 g/mol. The molecule has 0 aromatic carbocycles. The summed E-state index contributed by atoms with van der Waals surface area (Å²) in [6.07, 6.45) is 2.58. The van der Waals surface area contributed by atoms with E-state index in [-0.39, 0.29) is 22.5 Å². The van der Waals surface area contributed by atoms with Crippen LogP contribution in [-0.2, 0) is 27.9 Å². The number of amides is 2. The zero-order valence-electron chi connectivity index (χ0n) is 21.3. The van der Waals surface area contributed by atoms with Crippen molar-refractivity contribution in [3.8, 4) is 0 Å². The zero-order valence-corrected chi connectivity index (χ0v) is 22.2. The van der Waals surface area contributed by atoms with Gasteiger partial charge in [0.05, 0.1) is 23.0 Å². The van der Waals surface area contributed by atoms with Crippen molar-refractivity contribution in [2.45, 2.75) is 56.2 Å². The third-order valence-corrected chi connectivity index (χ3v) is 5.91. The third kappa shape index (κ3) is 9.18. The van der Waals surface area contributed by atoms with E-state index >= 15 is 0 Å². The van der Waals surface area contributed by atoms with E-state index in [9.17, 15) is 22.8 Å². The number of carbonyl (C=O) groups excluding carboxylic acids is 1. The molecular weight excluding hydrogens is 533 g/mol. The van der Waals surface area contributed by atoms with Gasteiger partial charge in [-0.3, -0.25) is 19.3 Å². The average Bonchev–Trinajstić information content (AvgIpc) is 3.59. The number of thiol groups is 1. The Morgan fingerprint density at radius 2 is 1.89 bits per heavy atom. The molecule has 2 aromatic rings. The maximum absolute atomic E-state index is 11.9. The van der Waals surface area contributed by atoms with Gasteiger partial charge in [0.1, 0.15) is 18.1 Å². The first kappa shape index (κ1) is 31.4. The monoisotopic (exact) mass is 566 g/mol. The number of carbonyl (C=O) groups is 2. The lowest BCUT2D eigenvalue weighted by atomic mass is 9.46. The Morgan fingerprint density at radius 3 is 2.34 bits per heavy atom. The number of ether oxygens (including phenoxy) is 3. The van der Waals surface area contributed by atoms with Gasteiger partial charge in [-0.2, -0.15) is 22.8 Å². The molecular formula is C22H33F3N6O6S. The van der Waals surface area contributed by atoms with Gasteiger partial charge in [0.25, 0.3) is 5.91 Å². The van der Waals surface area contributed by atoms with Crippen LogP contribution in [-0.4, -0.2) is 81.2 Å². The molecule has 0 spiro atoms. The fourth-order valence-corrected chi connectivity index (χ4v) is 4.26. The first-order valence-corrected chi connectivity index (χ1v) is 12.5. The number of rotatable bonds is 6. The molecule has 1 saturated heterocycles. The van der Waals surface area contributed by atoms with E-state index < -0.39 is 25.0 Å². The molecule has 0 atom stereocenters. The Morgan fingerprint density at radius 1 is 1.26 bits per heavy atom. The number of aromatic nitrogens is 4. The van der Waals surface area contributed by atoms with Crippen LogP contribution in [0.25, 0.3) is 0 Å². The summed E-state index contributed by atoms with van der Waals surface area (Å²) in [5.41, 5.74) is 0.00422. The van der Waals surface area contributed by atoms with Gasteiger partial charge in [-0.25, -0.2) is 4.79 Å². The zero-order chi connectivity index (χ0) is 28.4. The topological polar surface area (TPSA) is 153 Å². The number of nitrogens with zero attached hydrogens (tertiary/aromatic N) is 3. The van der Waals surface area contributed by atoms with Crippen molar-refractivity contribution in [1.82, 2.24) is 25.3 Å². The van der Waals surface area contributed by atoms with Crippen LogP contribution in [0.4, 0.5) is 23.8 Å². The van der Waals surface area contributed by atoms with E-state index in [1.54, 1.807) is 13.4 Å². The smallest absolute Gasteiger partial charge is 0.465 e. The van der Waals surface area contributed by atoms with E-state index in [2.05, 4.69) is 43.3 Å². The summed E-state index contributed by atoms with van der Waals surface area (Å²) in [5.74, 6) is -0.160. The number of alkyl halides is 3. The largest absolute Gasteiger partial charge is 0.522 e. The lowest BCUT2D eigenvalue weighted by molar-refractivity contribution is -0.330. The molecule has 1 aliphatic heterocycles. The number of aromatic amines is 1. The van der Waals surface area contributed by atoms with E-state index in [1.165, 1.54) is 42.9 Å². The van der Waals surface area contributed by atoms with Gasteiger partial charge in [-0.1, -0.05) is 0 Å². The Balaban J connectivity index is 0.000000233. The van der Waals surface area contributed by atoms with Crippen LogP contribution in [0.5, 0.6) is 0 Å². The number of methoxy groups -OCH3 is 1. The molecule has 2 amide bonds. The first-order valence-electron chi connectivity index (χ1n) is 11.6. The fraction of sp³-hybridized carbons (Fsp3) is 0.636. The first-order chi connectivity index (χ1) is 17.9. The van der Waals surface area contributed by atoms with Gasteiger partial charge in [0, 0.05) is 33.4 Å². The standard InChI is InChI=1S/C10H10F3N5O2.C7H11NO3.C4H8O.CH4S/c1-18-7(9(19)15-8-2-3-14-16-8)4-6(17-18)5-20-10(11,12)13;1-11-7-2-6(3-7,4-7)8-5(9)10;1-2-4-5-3-1;1-2/h2-4H,5H2,1H3,(H2,14,15,16,19);8H,2-4H2,1H3,(H,9,10);1-4H2;2H,1H3. The van der Waals surface area contributed by atoms with Crippen LogP contribution in [0.15, 0.2) is 18.3 Å². The van der Waals surface area contributed by atoms with Gasteiger partial charge in [0.2, 0.25) is 0 Å². The number of H-pyrrole nitrogens is 1. The lowest BCUT2D eigenvalue weighted by Crippen LogP contribution is -2.79. The van der Waals surface area contributed by atoms with Gasteiger partial charge in [0.15, 0.2) is 0 Å². The Labute approximate surface area is 223 Å². The molecule has 3 heterocycles. The second-order valence-corrected chi connectivity index (χ2v) is 8.75. The summed E-state index contributed by atoms with van der Waals surface area (Å²) in [4.78, 5) is 22.1. The van der Waals surface area contributed by atoms with Crippen molar-refractivity contribution >= 4 is 30.4 Å². The highest BCUT2D eigenvalue weighted by molar-refractivity contribution is 7.79. The molecule has 16 heteroatoms. The predicted molar refractivity (Wildman–Crippen MR) is 133 cm³/mol. The van der Waals surface area contributed by atoms with E-state index in [4.69, 9.17) is 14.6 Å². The van der Waals surface area contributed by atoms with Crippen molar-refractivity contribution in [2.24, 2.45) is 7.05 Å². The second kappa shape index (κ2) is 13.8. The molecule has 4 N–H and O–H groups in total. The third-order valence-electron chi connectivity index (χ3n) is 5.91. The molecule has 214 valence electrons. The molecule has 0 radical (unpaired) electrons. The highest BCUT2D eigenvalue weighted by Gasteiger charge is 2.69. The molecule has 12 nitrogen and oxygen atoms in total. The summed E-state index contributed by atoms with van der Waals surface area (Å²) >= 11 is 3.53. The molecule has 3 saturated carbocycles. The van der Waals surface area contributed by atoms with Crippen molar-refractivity contribution in [3.05, 3.63) is 29.7 Å². The summed E-state index contributed by atoms with van der Waals surface area (Å²) in [6.45, 7) is 1.24. The van der Waals surface area contributed by atoms with Gasteiger partial charge in [-0.15, -0.1) is 13.2 Å². The lowest BCUT2D eigenvalue weighted by Gasteiger charge is -2.68. The Hall–Kier alpha value is -2.82. The number of halogens is 3. The quantitative estimate of drug-likeness (QED) is 0.334. The van der Waals surface area contributed by atoms with E-state index in [0.717, 1.165) is 32.5 Å². The van der Waals surface area contributed by atoms with E-state index in [1.807, 2.05) is 0 Å². The van der Waals surface area contributed by atoms with Crippen LogP contribution in [0.1, 0.15) is 48.3 Å². The van der Waals surface area contributed by atoms with Gasteiger partial charge < -0.3 is 25.2 Å². The number of aryl methyl sites for hydroxylation is 1. The molecule has 0 unspecified atom stereocenters. The molecule has 2 bridgehead atoms. The molecule has 3 aliphatic carbocycles. The van der Waals surface area contributed by atoms with Crippen LogP contribution < -0.4 is 10.6 Å². The SMILES string of the molecule is C1CCOC1.COC12CC(NC(=O)O)(C1)C2.CS.Cn1nc(COC(F)(F)F)cc1C(=O)Nc1ccn[nH]1. The normalized spacial score (nSPS) is 22.6. The van der Waals surface area contributed by atoms with Crippen LogP contribution >= 0.6 is 12.6 Å². The summed E-state index contributed by atoms with van der Waals surface area (Å²) in [7, 11) is 3.13. The maximum Gasteiger partial charge on any atom is 0.522 e. The van der Waals surface area contributed by atoms with Crippen molar-refractivity contribution in [2.75, 3.05) is 31.9 Å². The minimum absolute atomic E-state index is 0.000384. The summed E-state index contributed by atoms with van der Waals surface area (Å²) < 4.78 is 50.7. The molecule has 38 heavy (non-hydrogen) atoms. The molecule has 4 fully saturated rings. The van der Waals surface area contributed by atoms with Crippen LogP contribution in [0, 0.1) is 0 Å². The fourth-order valence-electron chi connectivity index (χ4n) is 4.26. The minimum Gasteiger partial charge on any atom is -0.465 e. The number of hydrogen-bond acceptors (Lipinski definition) is 8. The van der Waals surface area contributed by atoms with E-state index in [0.29, 0.717) is 5.82 Å². The Kier molecular flexibility index (Phi) is 11.4. The van der Waals surface area contributed by atoms with Crippen molar-refractivity contribution in [3.63, 3.8) is 0 Å². The minimum atomic E-state index is -4.74. The highest BCUT2D eigenvalue weighted by atomic mass is 32.1. The predicted octanol–water partition coefficient (Wildman–Crippen LogP) is 3.35. The summed E-state index contributed by atoms with van der Waals surface area (Å²) in [6, 6.07) is 2.75. The molecule has 2 aromatic heterocycles. The number of anilines is 1. The summed E-state index contributed by atoms with van der Waals surface area (Å²) in [5, 5.41) is 23.4.